The molecule has 1 aromatic carbocycles. The fourth-order valence-corrected chi connectivity index (χ4v) is 3.63. The number of halogens is 2. The molecule has 0 bridgehead atoms. The number of aromatic nitrogens is 2. The molecule has 1 aliphatic heterocycles. The van der Waals surface area contributed by atoms with Gasteiger partial charge in [0.05, 0.1) is 16.7 Å². The highest BCUT2D eigenvalue weighted by Crippen LogP contribution is 2.28. The fraction of sp³-hybridized carbons (Fsp3) is 0.421. The summed E-state index contributed by atoms with van der Waals surface area (Å²) in [6.45, 7) is 2.51. The lowest BCUT2D eigenvalue weighted by molar-refractivity contribution is 0.101. The van der Waals surface area contributed by atoms with Crippen molar-refractivity contribution < 1.29 is 5.11 Å². The third-order valence-electron chi connectivity index (χ3n) is 5.17. The largest absolute Gasteiger partial charge is 0.396 e. The molecule has 6 N–H and O–H groups in total. The molecule has 2 heterocycles. The van der Waals surface area contributed by atoms with Crippen LogP contribution in [0.4, 0.5) is 11.6 Å². The van der Waals surface area contributed by atoms with E-state index in [1.54, 1.807) is 12.1 Å². The van der Waals surface area contributed by atoms with Crippen molar-refractivity contribution in [2.24, 2.45) is 5.41 Å². The molecule has 1 aromatic heterocycles. The molecular weight excluding hydrogens is 415 g/mol. The Balaban J connectivity index is 1.72. The first-order valence-corrected chi connectivity index (χ1v) is 10.1. The Morgan fingerprint density at radius 3 is 2.66 bits per heavy atom. The van der Waals surface area contributed by atoms with Crippen LogP contribution in [0.1, 0.15) is 24.1 Å². The lowest BCUT2D eigenvalue weighted by atomic mass is 9.79. The second-order valence-corrected chi connectivity index (χ2v) is 8.00. The monoisotopic (exact) mass is 438 g/mol. The van der Waals surface area contributed by atoms with E-state index in [0.717, 1.165) is 37.7 Å². The number of H-pyrrole nitrogens is 1. The zero-order chi connectivity index (χ0) is 20.9. The summed E-state index contributed by atoms with van der Waals surface area (Å²) in [5.41, 5.74) is 0.661. The van der Waals surface area contributed by atoms with Crippen LogP contribution >= 0.6 is 23.2 Å². The molecule has 0 unspecified atom stereocenters. The van der Waals surface area contributed by atoms with Crippen LogP contribution in [-0.4, -0.2) is 47.5 Å². The van der Waals surface area contributed by atoms with E-state index < -0.39 is 0 Å². The molecule has 0 aliphatic carbocycles. The maximum Gasteiger partial charge on any atom is 0.276 e. The van der Waals surface area contributed by atoms with Gasteiger partial charge >= 0.3 is 0 Å². The molecule has 10 heteroatoms. The normalized spacial score (nSPS) is 15.7. The summed E-state index contributed by atoms with van der Waals surface area (Å²) >= 11 is 11.9. The molecule has 0 radical (unpaired) electrons. The van der Waals surface area contributed by atoms with Crippen molar-refractivity contribution in [1.82, 2.24) is 15.3 Å². The number of hydrogen-bond donors (Lipinski definition) is 6. The van der Waals surface area contributed by atoms with Gasteiger partial charge in [-0.3, -0.25) is 9.78 Å². The van der Waals surface area contributed by atoms with Crippen LogP contribution in [0.25, 0.3) is 0 Å². The van der Waals surface area contributed by atoms with E-state index in [2.05, 4.69) is 25.9 Å². The number of piperidine rings is 1. The molecule has 1 aliphatic rings. The van der Waals surface area contributed by atoms with Crippen molar-refractivity contribution >= 4 is 41.1 Å². The van der Waals surface area contributed by atoms with Crippen molar-refractivity contribution in [3.63, 3.8) is 0 Å². The van der Waals surface area contributed by atoms with E-state index in [4.69, 9.17) is 28.6 Å². The Kier molecular flexibility index (Phi) is 7.13. The summed E-state index contributed by atoms with van der Waals surface area (Å²) in [6.07, 6.45) is 2.66. The average molecular weight is 439 g/mol. The Labute approximate surface area is 178 Å². The minimum Gasteiger partial charge on any atom is -0.396 e. The predicted molar refractivity (Wildman–Crippen MR) is 117 cm³/mol. The predicted octanol–water partition coefficient (Wildman–Crippen LogP) is 2.46. The first kappa shape index (κ1) is 21.6. The second-order valence-electron chi connectivity index (χ2n) is 7.18. The summed E-state index contributed by atoms with van der Waals surface area (Å²) in [7, 11) is 0. The molecule has 3 rings (SSSR count). The van der Waals surface area contributed by atoms with Gasteiger partial charge in [0.2, 0.25) is 5.95 Å². The zero-order valence-electron chi connectivity index (χ0n) is 15.8. The van der Waals surface area contributed by atoms with Crippen LogP contribution in [0.15, 0.2) is 23.0 Å². The van der Waals surface area contributed by atoms with Gasteiger partial charge in [-0.25, -0.2) is 4.98 Å². The summed E-state index contributed by atoms with van der Waals surface area (Å²) in [5, 5.41) is 27.8. The lowest BCUT2D eigenvalue weighted by Gasteiger charge is -2.36. The first-order chi connectivity index (χ1) is 14.0. The molecule has 156 valence electrons. The molecule has 1 fully saturated rings. The van der Waals surface area contributed by atoms with E-state index in [1.165, 1.54) is 0 Å². The van der Waals surface area contributed by atoms with Crippen LogP contribution in [0.5, 0.6) is 0 Å². The first-order valence-electron chi connectivity index (χ1n) is 9.34. The van der Waals surface area contributed by atoms with Crippen LogP contribution in [0.3, 0.4) is 0 Å². The maximum absolute atomic E-state index is 12.6. The molecule has 29 heavy (non-hydrogen) atoms. The summed E-state index contributed by atoms with van der Waals surface area (Å²) in [6, 6.07) is 5.25. The highest BCUT2D eigenvalue weighted by Gasteiger charge is 2.31. The third-order valence-corrected chi connectivity index (χ3v) is 5.91. The Morgan fingerprint density at radius 2 is 2.00 bits per heavy atom. The third kappa shape index (κ3) is 5.27. The van der Waals surface area contributed by atoms with Gasteiger partial charge in [0.25, 0.3) is 5.56 Å². The zero-order valence-corrected chi connectivity index (χ0v) is 17.3. The molecular formula is C19H24Cl2N6O2. The van der Waals surface area contributed by atoms with Gasteiger partial charge in [-0.1, -0.05) is 29.3 Å². The molecule has 0 atom stereocenters. The Hall–Kier alpha value is -2.13. The number of benzene rings is 1. The number of aliphatic hydroxyl groups excluding tert-OH is 1. The van der Waals surface area contributed by atoms with Crippen molar-refractivity contribution in [3.8, 4) is 0 Å². The van der Waals surface area contributed by atoms with Crippen molar-refractivity contribution in [3.05, 3.63) is 49.9 Å². The summed E-state index contributed by atoms with van der Waals surface area (Å²) < 4.78 is 0. The van der Waals surface area contributed by atoms with Crippen molar-refractivity contribution in [2.75, 3.05) is 36.9 Å². The van der Waals surface area contributed by atoms with E-state index in [0.29, 0.717) is 23.1 Å². The molecule has 0 saturated carbocycles. The number of hydrogen-bond acceptors (Lipinski definition) is 7. The minimum atomic E-state index is -0.378. The number of aliphatic hydroxyl groups is 1. The van der Waals surface area contributed by atoms with Gasteiger partial charge in [0.15, 0.2) is 0 Å². The Bertz CT molecular complexity index is 927. The van der Waals surface area contributed by atoms with Crippen LogP contribution in [-0.2, 0) is 6.54 Å². The minimum absolute atomic E-state index is 0.0379. The van der Waals surface area contributed by atoms with Crippen LogP contribution < -0.4 is 21.5 Å². The van der Waals surface area contributed by atoms with Gasteiger partial charge in [-0.15, -0.1) is 0 Å². The number of nitrogens with zero attached hydrogens (tertiary/aromatic N) is 1. The fourth-order valence-electron chi connectivity index (χ4n) is 3.31. The van der Waals surface area contributed by atoms with Gasteiger partial charge in [-0.2, -0.15) is 0 Å². The van der Waals surface area contributed by atoms with Crippen molar-refractivity contribution in [1.29, 1.82) is 5.41 Å². The summed E-state index contributed by atoms with van der Waals surface area (Å²) in [4.78, 5) is 19.6. The van der Waals surface area contributed by atoms with Crippen molar-refractivity contribution in [2.45, 2.75) is 19.4 Å². The van der Waals surface area contributed by atoms with Crippen LogP contribution in [0, 0.1) is 10.8 Å². The number of aromatic amines is 1. The number of anilines is 2. The van der Waals surface area contributed by atoms with Gasteiger partial charge in [0.1, 0.15) is 11.4 Å². The average Bonchev–Trinajstić information content (AvgIpc) is 2.74. The highest BCUT2D eigenvalue weighted by atomic mass is 35.5. The SMILES string of the molecule is N=Cc1nc(NCc2ccc(Cl)c(Cl)c2)[nH]c(=O)c1NCC1(CO)CCNCC1. The maximum atomic E-state index is 12.6. The molecule has 1 saturated heterocycles. The standard InChI is InChI=1S/C19H24Cl2N6O2/c20-13-2-1-12(7-14(13)21)9-24-18-26-15(8-22)16(17(29)27-18)25-10-19(11-28)3-5-23-6-4-19/h1-2,7-8,22-23,25,28H,3-6,9-11H2,(H2,24,26,27,29). The van der Waals surface area contributed by atoms with E-state index in [1.807, 2.05) is 6.07 Å². The lowest BCUT2D eigenvalue weighted by Crippen LogP contribution is -2.44. The molecule has 0 spiro atoms. The van der Waals surface area contributed by atoms with Gasteiger partial charge in [-0.05, 0) is 43.6 Å². The molecule has 0 amide bonds. The number of nitrogens with one attached hydrogen (secondary N) is 5. The smallest absolute Gasteiger partial charge is 0.276 e. The van der Waals surface area contributed by atoms with Crippen LogP contribution in [0.2, 0.25) is 10.0 Å². The quantitative estimate of drug-likeness (QED) is 0.351. The summed E-state index contributed by atoms with van der Waals surface area (Å²) in [5.74, 6) is 0.254. The van der Waals surface area contributed by atoms with E-state index >= 15 is 0 Å². The number of rotatable bonds is 8. The van der Waals surface area contributed by atoms with E-state index in [-0.39, 0.29) is 34.9 Å². The van der Waals surface area contributed by atoms with Gasteiger partial charge < -0.3 is 26.5 Å². The van der Waals surface area contributed by atoms with Gasteiger partial charge in [0, 0.05) is 24.7 Å². The topological polar surface area (TPSA) is 126 Å². The van der Waals surface area contributed by atoms with E-state index in [9.17, 15) is 9.90 Å². The Morgan fingerprint density at radius 1 is 1.24 bits per heavy atom. The molecule has 8 nitrogen and oxygen atoms in total. The molecule has 2 aromatic rings. The second kappa shape index (κ2) is 9.58. The highest BCUT2D eigenvalue weighted by molar-refractivity contribution is 6.42.